The Hall–Kier alpha value is -0.120. The van der Waals surface area contributed by atoms with Gasteiger partial charge in [0, 0.05) is 5.41 Å². The zero-order chi connectivity index (χ0) is 8.32. The Morgan fingerprint density at radius 1 is 1.64 bits per heavy atom. The molecule has 3 heteroatoms. The van der Waals surface area contributed by atoms with E-state index in [1.165, 1.54) is 0 Å². The Labute approximate surface area is 67.5 Å². The first kappa shape index (κ1) is 8.97. The van der Waals surface area contributed by atoms with Crippen molar-refractivity contribution in [3.8, 4) is 0 Å². The lowest BCUT2D eigenvalue weighted by molar-refractivity contribution is -0.174. The Bertz CT molecular complexity index is 118. The molecule has 0 aromatic carbocycles. The molecule has 1 aliphatic heterocycles. The molecule has 1 heterocycles. The molecule has 3 nitrogen and oxygen atoms in total. The van der Waals surface area contributed by atoms with Crippen LogP contribution in [0.5, 0.6) is 0 Å². The largest absolute Gasteiger partial charge is 0.392 e. The second kappa shape index (κ2) is 3.52. The smallest absolute Gasteiger partial charge is 0.0652 e. The van der Waals surface area contributed by atoms with Crippen molar-refractivity contribution in [2.24, 2.45) is 11.1 Å². The molecule has 66 valence electrons. The molecule has 0 saturated carbocycles. The van der Waals surface area contributed by atoms with Crippen molar-refractivity contribution in [2.45, 2.75) is 25.9 Å². The highest BCUT2D eigenvalue weighted by Crippen LogP contribution is 2.36. The van der Waals surface area contributed by atoms with Gasteiger partial charge in [-0.2, -0.15) is 0 Å². The minimum atomic E-state index is -0.272. The van der Waals surface area contributed by atoms with Gasteiger partial charge in [0.05, 0.1) is 19.3 Å². The molecule has 11 heavy (non-hydrogen) atoms. The highest BCUT2D eigenvalue weighted by Gasteiger charge is 2.42. The average Bonchev–Trinajstić information content (AvgIpc) is 1.87. The molecule has 0 aromatic rings. The summed E-state index contributed by atoms with van der Waals surface area (Å²) in [7, 11) is 0. The van der Waals surface area contributed by atoms with Crippen LogP contribution in [0.3, 0.4) is 0 Å². The van der Waals surface area contributed by atoms with E-state index in [1.807, 2.05) is 0 Å². The van der Waals surface area contributed by atoms with E-state index < -0.39 is 0 Å². The summed E-state index contributed by atoms with van der Waals surface area (Å²) in [6.07, 6.45) is 1.40. The van der Waals surface area contributed by atoms with Gasteiger partial charge in [-0.25, -0.2) is 0 Å². The molecule has 0 bridgehead atoms. The van der Waals surface area contributed by atoms with Crippen molar-refractivity contribution in [1.82, 2.24) is 0 Å². The minimum absolute atomic E-state index is 0.0272. The van der Waals surface area contributed by atoms with Crippen LogP contribution in [-0.4, -0.2) is 31.0 Å². The monoisotopic (exact) mass is 159 g/mol. The maximum atomic E-state index is 9.66. The topological polar surface area (TPSA) is 55.5 Å². The molecule has 1 atom stereocenters. The molecule has 0 unspecified atom stereocenters. The number of aliphatic hydroxyl groups is 1. The van der Waals surface area contributed by atoms with Crippen LogP contribution < -0.4 is 5.73 Å². The highest BCUT2D eigenvalue weighted by atomic mass is 16.5. The van der Waals surface area contributed by atoms with E-state index in [9.17, 15) is 5.11 Å². The van der Waals surface area contributed by atoms with Crippen molar-refractivity contribution < 1.29 is 9.84 Å². The molecule has 3 N–H and O–H groups in total. The summed E-state index contributed by atoms with van der Waals surface area (Å²) in [6.45, 7) is 4.04. The average molecular weight is 159 g/mol. The Kier molecular flexibility index (Phi) is 2.87. The summed E-state index contributed by atoms with van der Waals surface area (Å²) in [6, 6.07) is 0. The standard InChI is InChI=1S/C8H17NO2/c1-2-8(5-11-6-8)7(10)3-4-9/h7,10H,2-6,9H2,1H3/t7-/m1/s1. The van der Waals surface area contributed by atoms with Crippen LogP contribution in [0.25, 0.3) is 0 Å². The molecular formula is C8H17NO2. The lowest BCUT2D eigenvalue weighted by Crippen LogP contribution is -2.51. The summed E-state index contributed by atoms with van der Waals surface area (Å²) in [5, 5.41) is 9.66. The third-order valence-electron chi connectivity index (χ3n) is 2.63. The van der Waals surface area contributed by atoms with Crippen molar-refractivity contribution in [1.29, 1.82) is 0 Å². The Balaban J connectivity index is 2.40. The summed E-state index contributed by atoms with van der Waals surface area (Å²) in [5.74, 6) is 0. The van der Waals surface area contributed by atoms with E-state index in [4.69, 9.17) is 10.5 Å². The third-order valence-corrected chi connectivity index (χ3v) is 2.63. The van der Waals surface area contributed by atoms with Crippen molar-refractivity contribution in [3.05, 3.63) is 0 Å². The zero-order valence-corrected chi connectivity index (χ0v) is 7.05. The first-order valence-corrected chi connectivity index (χ1v) is 4.21. The second-order valence-electron chi connectivity index (χ2n) is 3.30. The van der Waals surface area contributed by atoms with E-state index in [-0.39, 0.29) is 11.5 Å². The molecule has 1 aliphatic rings. The third kappa shape index (κ3) is 1.55. The van der Waals surface area contributed by atoms with Gasteiger partial charge in [0.25, 0.3) is 0 Å². The van der Waals surface area contributed by atoms with E-state index in [0.717, 1.165) is 6.42 Å². The maximum absolute atomic E-state index is 9.66. The van der Waals surface area contributed by atoms with Crippen LogP contribution in [0.4, 0.5) is 0 Å². The minimum Gasteiger partial charge on any atom is -0.392 e. The Morgan fingerprint density at radius 2 is 2.27 bits per heavy atom. The number of nitrogens with two attached hydrogens (primary N) is 1. The van der Waals surface area contributed by atoms with Gasteiger partial charge in [-0.3, -0.25) is 0 Å². The molecule has 0 spiro atoms. The zero-order valence-electron chi connectivity index (χ0n) is 7.05. The van der Waals surface area contributed by atoms with Crippen molar-refractivity contribution >= 4 is 0 Å². The molecule has 0 aliphatic carbocycles. The quantitative estimate of drug-likeness (QED) is 0.612. The lowest BCUT2D eigenvalue weighted by Gasteiger charge is -2.44. The van der Waals surface area contributed by atoms with Gasteiger partial charge in [-0.1, -0.05) is 6.92 Å². The fourth-order valence-corrected chi connectivity index (χ4v) is 1.46. The molecule has 1 saturated heterocycles. The van der Waals surface area contributed by atoms with Crippen LogP contribution in [0.15, 0.2) is 0 Å². The van der Waals surface area contributed by atoms with Gasteiger partial charge in [0.1, 0.15) is 0 Å². The van der Waals surface area contributed by atoms with Crippen LogP contribution in [-0.2, 0) is 4.74 Å². The first-order valence-electron chi connectivity index (χ1n) is 4.21. The van der Waals surface area contributed by atoms with Gasteiger partial charge >= 0.3 is 0 Å². The number of hydrogen-bond donors (Lipinski definition) is 2. The van der Waals surface area contributed by atoms with E-state index in [0.29, 0.717) is 26.2 Å². The first-order chi connectivity index (χ1) is 5.25. The van der Waals surface area contributed by atoms with Gasteiger partial charge < -0.3 is 15.6 Å². The van der Waals surface area contributed by atoms with Crippen LogP contribution in [0, 0.1) is 5.41 Å². The number of ether oxygens (including phenoxy) is 1. The Morgan fingerprint density at radius 3 is 2.55 bits per heavy atom. The molecular weight excluding hydrogens is 142 g/mol. The number of aliphatic hydroxyl groups excluding tert-OH is 1. The summed E-state index contributed by atoms with van der Waals surface area (Å²) in [4.78, 5) is 0. The fraction of sp³-hybridized carbons (Fsp3) is 1.00. The van der Waals surface area contributed by atoms with Crippen LogP contribution in [0.1, 0.15) is 19.8 Å². The van der Waals surface area contributed by atoms with Crippen LogP contribution >= 0.6 is 0 Å². The van der Waals surface area contributed by atoms with Crippen molar-refractivity contribution in [3.63, 3.8) is 0 Å². The fourth-order valence-electron chi connectivity index (χ4n) is 1.46. The van der Waals surface area contributed by atoms with E-state index in [2.05, 4.69) is 6.92 Å². The normalized spacial score (nSPS) is 24.3. The molecule has 1 fully saturated rings. The lowest BCUT2D eigenvalue weighted by atomic mass is 9.76. The number of rotatable bonds is 4. The van der Waals surface area contributed by atoms with Gasteiger partial charge in [0.2, 0.25) is 0 Å². The molecule has 1 rings (SSSR count). The maximum Gasteiger partial charge on any atom is 0.0652 e. The highest BCUT2D eigenvalue weighted by molar-refractivity contribution is 4.90. The summed E-state index contributed by atoms with van der Waals surface area (Å²) >= 11 is 0. The molecule has 0 amide bonds. The van der Waals surface area contributed by atoms with Crippen molar-refractivity contribution in [2.75, 3.05) is 19.8 Å². The van der Waals surface area contributed by atoms with E-state index in [1.54, 1.807) is 0 Å². The summed E-state index contributed by atoms with van der Waals surface area (Å²) in [5.41, 5.74) is 5.39. The van der Waals surface area contributed by atoms with Gasteiger partial charge in [-0.05, 0) is 19.4 Å². The summed E-state index contributed by atoms with van der Waals surface area (Å²) < 4.78 is 5.10. The predicted octanol–water partition coefficient (Wildman–Crippen LogP) is 0.123. The molecule has 0 aromatic heterocycles. The second-order valence-corrected chi connectivity index (χ2v) is 3.30. The van der Waals surface area contributed by atoms with Gasteiger partial charge in [-0.15, -0.1) is 0 Å². The van der Waals surface area contributed by atoms with E-state index >= 15 is 0 Å². The SMILES string of the molecule is CCC1([C@H](O)CCN)COC1. The number of hydrogen-bond acceptors (Lipinski definition) is 3. The predicted molar refractivity (Wildman–Crippen MR) is 43.2 cm³/mol. The van der Waals surface area contributed by atoms with Crippen LogP contribution in [0.2, 0.25) is 0 Å². The molecule has 0 radical (unpaired) electrons. The van der Waals surface area contributed by atoms with Gasteiger partial charge in [0.15, 0.2) is 0 Å².